The van der Waals surface area contributed by atoms with Gasteiger partial charge in [0.05, 0.1) is 10.5 Å². The molecular formula is C12H12BrN5O2. The van der Waals surface area contributed by atoms with Crippen molar-refractivity contribution in [3.05, 3.63) is 32.6 Å². The van der Waals surface area contributed by atoms with E-state index in [0.29, 0.717) is 37.8 Å². The van der Waals surface area contributed by atoms with Crippen molar-refractivity contribution in [2.75, 3.05) is 26.3 Å². The van der Waals surface area contributed by atoms with E-state index in [2.05, 4.69) is 37.3 Å². The van der Waals surface area contributed by atoms with Crippen LogP contribution in [-0.4, -0.2) is 26.3 Å². The Balaban J connectivity index is 2.15. The molecule has 0 saturated carbocycles. The first-order valence-electron chi connectivity index (χ1n) is 5.99. The maximum atomic E-state index is 9.23. The highest BCUT2D eigenvalue weighted by Gasteiger charge is 2.19. The van der Waals surface area contributed by atoms with Crippen LogP contribution in [0.15, 0.2) is 21.7 Å². The van der Waals surface area contributed by atoms with Crippen LogP contribution in [0.3, 0.4) is 0 Å². The van der Waals surface area contributed by atoms with Crippen molar-refractivity contribution in [3.63, 3.8) is 0 Å². The number of halogens is 1. The van der Waals surface area contributed by atoms with Gasteiger partial charge in [0.1, 0.15) is 19.3 Å². The van der Waals surface area contributed by atoms with Crippen LogP contribution < -0.4 is 14.8 Å². The van der Waals surface area contributed by atoms with Gasteiger partial charge in [0.25, 0.3) is 0 Å². The number of nitrogens with one attached hydrogen (secondary N) is 1. The van der Waals surface area contributed by atoms with Crippen LogP contribution in [0.1, 0.15) is 11.6 Å². The number of azide groups is 1. The van der Waals surface area contributed by atoms with Crippen LogP contribution >= 0.6 is 15.9 Å². The summed E-state index contributed by atoms with van der Waals surface area (Å²) in [5, 5.41) is 15.7. The Bertz CT molecular complexity index is 580. The van der Waals surface area contributed by atoms with E-state index in [1.807, 2.05) is 6.07 Å². The molecule has 0 amide bonds. The molecule has 1 aliphatic rings. The smallest absolute Gasteiger partial charge is 0.175 e. The first-order chi connectivity index (χ1) is 9.76. The van der Waals surface area contributed by atoms with Crippen LogP contribution in [0.4, 0.5) is 0 Å². The first kappa shape index (κ1) is 14.5. The van der Waals surface area contributed by atoms with Crippen LogP contribution in [0.5, 0.6) is 11.5 Å². The zero-order chi connectivity index (χ0) is 14.4. The minimum Gasteiger partial charge on any atom is -0.486 e. The molecule has 1 atom stereocenters. The van der Waals surface area contributed by atoms with E-state index >= 15 is 0 Å². The fourth-order valence-electron chi connectivity index (χ4n) is 1.84. The molecular weight excluding hydrogens is 326 g/mol. The van der Waals surface area contributed by atoms with Gasteiger partial charge in [0.15, 0.2) is 11.5 Å². The molecule has 0 aromatic heterocycles. The van der Waals surface area contributed by atoms with Crippen molar-refractivity contribution in [2.45, 2.75) is 6.04 Å². The van der Waals surface area contributed by atoms with Crippen LogP contribution in [-0.2, 0) is 0 Å². The molecule has 0 saturated heterocycles. The van der Waals surface area contributed by atoms with E-state index in [4.69, 9.17) is 15.0 Å². The van der Waals surface area contributed by atoms with E-state index in [9.17, 15) is 5.26 Å². The maximum absolute atomic E-state index is 9.23. The summed E-state index contributed by atoms with van der Waals surface area (Å²) >= 11 is 3.41. The first-order valence-corrected chi connectivity index (χ1v) is 6.78. The number of hydrogen-bond donors (Lipinski definition) is 1. The highest BCUT2D eigenvalue weighted by molar-refractivity contribution is 9.10. The molecule has 7 nitrogen and oxygen atoms in total. The van der Waals surface area contributed by atoms with E-state index < -0.39 is 6.04 Å². The lowest BCUT2D eigenvalue weighted by atomic mass is 10.1. The molecule has 8 heteroatoms. The second-order valence-electron chi connectivity index (χ2n) is 4.00. The normalized spacial score (nSPS) is 14.0. The Morgan fingerprint density at radius 3 is 3.05 bits per heavy atom. The quantitative estimate of drug-likeness (QED) is 0.386. The minimum absolute atomic E-state index is 0.292. The number of hydrogen-bond acceptors (Lipinski definition) is 5. The zero-order valence-corrected chi connectivity index (χ0v) is 12.1. The molecule has 0 fully saturated rings. The summed E-state index contributed by atoms with van der Waals surface area (Å²) < 4.78 is 11.8. The lowest BCUT2D eigenvalue weighted by Crippen LogP contribution is -2.23. The molecule has 0 aliphatic carbocycles. The van der Waals surface area contributed by atoms with Crippen LogP contribution in [0, 0.1) is 11.3 Å². The molecule has 1 aromatic carbocycles. The number of nitriles is 1. The topological polar surface area (TPSA) is 103 Å². The summed E-state index contributed by atoms with van der Waals surface area (Å²) in [7, 11) is 0. The Morgan fingerprint density at radius 1 is 1.50 bits per heavy atom. The lowest BCUT2D eigenvalue weighted by Gasteiger charge is -2.21. The number of benzene rings is 1. The third-order valence-electron chi connectivity index (χ3n) is 2.71. The largest absolute Gasteiger partial charge is 0.486 e. The van der Waals surface area contributed by atoms with Gasteiger partial charge in [0, 0.05) is 18.0 Å². The van der Waals surface area contributed by atoms with Gasteiger partial charge in [-0.2, -0.15) is 5.26 Å². The summed E-state index contributed by atoms with van der Waals surface area (Å²) in [6, 6.07) is 5.27. The monoisotopic (exact) mass is 337 g/mol. The average molecular weight is 338 g/mol. The Kier molecular flexibility index (Phi) is 5.07. The predicted molar refractivity (Wildman–Crippen MR) is 75.5 cm³/mol. The fourth-order valence-corrected chi connectivity index (χ4v) is 2.41. The van der Waals surface area contributed by atoms with Gasteiger partial charge in [0.2, 0.25) is 0 Å². The molecule has 0 bridgehead atoms. The van der Waals surface area contributed by atoms with Gasteiger partial charge in [-0.05, 0) is 39.2 Å². The SMILES string of the molecule is N#CC(NCCN=[N+]=[N-])c1cc(Br)c2c(c1)OCCO2. The van der Waals surface area contributed by atoms with E-state index in [0.717, 1.165) is 10.0 Å². The van der Waals surface area contributed by atoms with Crippen molar-refractivity contribution < 1.29 is 9.47 Å². The van der Waals surface area contributed by atoms with Gasteiger partial charge >= 0.3 is 0 Å². The van der Waals surface area contributed by atoms with Crippen LogP contribution in [0.25, 0.3) is 10.4 Å². The number of fused-ring (bicyclic) bond motifs is 1. The van der Waals surface area contributed by atoms with Crippen molar-refractivity contribution in [1.82, 2.24) is 5.32 Å². The van der Waals surface area contributed by atoms with Crippen molar-refractivity contribution in [3.8, 4) is 17.6 Å². The summed E-state index contributed by atoms with van der Waals surface area (Å²) in [6.07, 6.45) is 0. The van der Waals surface area contributed by atoms with Crippen LogP contribution in [0.2, 0.25) is 0 Å². The van der Waals surface area contributed by atoms with Crippen molar-refractivity contribution in [2.24, 2.45) is 5.11 Å². The Hall–Kier alpha value is -1.94. The molecule has 1 aliphatic heterocycles. The summed E-state index contributed by atoms with van der Waals surface area (Å²) in [4.78, 5) is 2.66. The highest BCUT2D eigenvalue weighted by Crippen LogP contribution is 2.39. The van der Waals surface area contributed by atoms with Gasteiger partial charge in [-0.15, -0.1) is 0 Å². The Labute approximate surface area is 124 Å². The molecule has 20 heavy (non-hydrogen) atoms. The number of nitrogens with zero attached hydrogens (tertiary/aromatic N) is 4. The van der Waals surface area contributed by atoms with Gasteiger partial charge in [-0.3, -0.25) is 5.32 Å². The van der Waals surface area contributed by atoms with Gasteiger partial charge < -0.3 is 9.47 Å². The third-order valence-corrected chi connectivity index (χ3v) is 3.29. The second kappa shape index (κ2) is 7.01. The van der Waals surface area contributed by atoms with E-state index in [1.165, 1.54) is 0 Å². The standard InChI is InChI=1S/C12H12BrN5O2/c13-9-5-8(6-11-12(9)20-4-3-19-11)10(7-14)16-1-2-17-18-15/h5-6,10,16H,1-4H2. The third kappa shape index (κ3) is 3.33. The molecule has 1 N–H and O–H groups in total. The Morgan fingerprint density at radius 2 is 2.30 bits per heavy atom. The predicted octanol–water partition coefficient (Wildman–Crippen LogP) is 2.68. The molecule has 0 radical (unpaired) electrons. The summed E-state index contributed by atoms with van der Waals surface area (Å²) in [5.41, 5.74) is 8.97. The molecule has 1 aromatic rings. The summed E-state index contributed by atoms with van der Waals surface area (Å²) in [5.74, 6) is 1.28. The van der Waals surface area contributed by atoms with Gasteiger partial charge in [-0.1, -0.05) is 5.11 Å². The molecule has 2 rings (SSSR count). The number of ether oxygens (including phenoxy) is 2. The number of rotatable bonds is 5. The van der Waals surface area contributed by atoms with E-state index in [1.54, 1.807) is 6.07 Å². The highest BCUT2D eigenvalue weighted by atomic mass is 79.9. The van der Waals surface area contributed by atoms with E-state index in [-0.39, 0.29) is 0 Å². The zero-order valence-electron chi connectivity index (χ0n) is 10.5. The van der Waals surface area contributed by atoms with Gasteiger partial charge in [-0.25, -0.2) is 0 Å². The molecule has 104 valence electrons. The van der Waals surface area contributed by atoms with Crippen molar-refractivity contribution >= 4 is 15.9 Å². The second-order valence-corrected chi connectivity index (χ2v) is 4.85. The average Bonchev–Trinajstić information content (AvgIpc) is 2.47. The summed E-state index contributed by atoms with van der Waals surface area (Å²) in [6.45, 7) is 1.72. The molecule has 1 unspecified atom stereocenters. The van der Waals surface area contributed by atoms with Crippen molar-refractivity contribution in [1.29, 1.82) is 5.26 Å². The minimum atomic E-state index is -0.504. The fraction of sp³-hybridized carbons (Fsp3) is 0.417. The maximum Gasteiger partial charge on any atom is 0.175 e. The lowest BCUT2D eigenvalue weighted by molar-refractivity contribution is 0.170. The molecule has 0 spiro atoms. The molecule has 1 heterocycles.